The normalized spacial score (nSPS) is 16.6. The van der Waals surface area contributed by atoms with E-state index in [1.165, 1.54) is 49.7 Å². The summed E-state index contributed by atoms with van der Waals surface area (Å²) >= 11 is 0. The van der Waals surface area contributed by atoms with Crippen LogP contribution >= 0.6 is 0 Å². The first-order valence-electron chi connectivity index (χ1n) is 13.4. The Morgan fingerprint density at radius 3 is 2.19 bits per heavy atom. The van der Waals surface area contributed by atoms with E-state index >= 15 is 0 Å². The molecule has 1 aliphatic rings. The molecule has 0 spiro atoms. The SMILES string of the molecule is C[NH2+]c1ccc2ccccc2c1C(C)(C)C/C=C/C=C/C=C1/N(C)c2ccc3ccccc3c2C1(C)C. The van der Waals surface area contributed by atoms with Gasteiger partial charge in [0.15, 0.2) is 0 Å². The first-order chi connectivity index (χ1) is 17.8. The van der Waals surface area contributed by atoms with Gasteiger partial charge < -0.3 is 10.2 Å². The van der Waals surface area contributed by atoms with Gasteiger partial charge in [0.1, 0.15) is 5.69 Å². The summed E-state index contributed by atoms with van der Waals surface area (Å²) in [6.07, 6.45) is 12.1. The number of benzene rings is 4. The number of nitrogens with two attached hydrogens (primary N) is 1. The van der Waals surface area contributed by atoms with Crippen LogP contribution in [0.4, 0.5) is 11.4 Å². The molecule has 37 heavy (non-hydrogen) atoms. The summed E-state index contributed by atoms with van der Waals surface area (Å²) in [4.78, 5) is 2.35. The molecule has 4 aromatic rings. The first kappa shape index (κ1) is 25.0. The lowest BCUT2D eigenvalue weighted by molar-refractivity contribution is -0.540. The molecule has 188 valence electrons. The van der Waals surface area contributed by atoms with E-state index in [4.69, 9.17) is 0 Å². The molecular formula is C35H39N2+. The Morgan fingerprint density at radius 2 is 1.46 bits per heavy atom. The second-order valence-electron chi connectivity index (χ2n) is 11.4. The van der Waals surface area contributed by atoms with Crippen LogP contribution < -0.4 is 10.2 Å². The predicted octanol–water partition coefficient (Wildman–Crippen LogP) is 7.91. The van der Waals surface area contributed by atoms with E-state index in [1.807, 2.05) is 0 Å². The lowest BCUT2D eigenvalue weighted by Gasteiger charge is -2.26. The molecule has 1 aliphatic heterocycles. The largest absolute Gasteiger partial charge is 0.347 e. The van der Waals surface area contributed by atoms with Crippen molar-refractivity contribution in [1.82, 2.24) is 0 Å². The fraction of sp³-hybridized carbons (Fsp3) is 0.257. The fourth-order valence-corrected chi connectivity index (χ4v) is 6.23. The van der Waals surface area contributed by atoms with Gasteiger partial charge in [0.25, 0.3) is 0 Å². The lowest BCUT2D eigenvalue weighted by atomic mass is 9.78. The summed E-state index contributed by atoms with van der Waals surface area (Å²) in [6.45, 7) is 9.39. The number of rotatable bonds is 6. The predicted molar refractivity (Wildman–Crippen MR) is 161 cm³/mol. The Bertz CT molecular complexity index is 1550. The molecule has 4 aromatic carbocycles. The van der Waals surface area contributed by atoms with E-state index in [0.717, 1.165) is 6.42 Å². The summed E-state index contributed by atoms with van der Waals surface area (Å²) < 4.78 is 0. The van der Waals surface area contributed by atoms with Crippen LogP contribution in [0.15, 0.2) is 109 Å². The summed E-state index contributed by atoms with van der Waals surface area (Å²) in [6, 6.07) is 26.5. The highest BCUT2D eigenvalue weighted by molar-refractivity contribution is 5.94. The minimum atomic E-state index is -0.0532. The van der Waals surface area contributed by atoms with Gasteiger partial charge in [-0.2, -0.15) is 0 Å². The number of allylic oxidation sites excluding steroid dienone is 6. The molecular weight excluding hydrogens is 448 g/mol. The van der Waals surface area contributed by atoms with Gasteiger partial charge in [0.05, 0.1) is 7.05 Å². The molecule has 0 atom stereocenters. The first-order valence-corrected chi connectivity index (χ1v) is 13.4. The van der Waals surface area contributed by atoms with E-state index in [9.17, 15) is 0 Å². The maximum absolute atomic E-state index is 2.36. The van der Waals surface area contributed by atoms with Gasteiger partial charge in [0, 0.05) is 29.4 Å². The zero-order chi connectivity index (χ0) is 26.2. The summed E-state index contributed by atoms with van der Waals surface area (Å²) in [5.41, 5.74) is 6.79. The molecule has 5 rings (SSSR count). The monoisotopic (exact) mass is 487 g/mol. The molecule has 0 saturated heterocycles. The van der Waals surface area contributed by atoms with Gasteiger partial charge in [0.2, 0.25) is 0 Å². The number of hydrogen-bond donors (Lipinski definition) is 1. The highest BCUT2D eigenvalue weighted by Crippen LogP contribution is 2.49. The standard InChI is InChI=1S/C35H38N2/c1-34(2,32-27-17-12-10-15-25(27)20-22-29(32)36-5)24-14-8-7-9-19-31-35(3,4)33-28-18-13-11-16-26(28)21-23-30(33)37(31)6/h7-23,36H,24H2,1-6H3/p+1/b9-7+,14-8+,31-19+. The number of anilines is 1. The van der Waals surface area contributed by atoms with E-state index in [2.05, 4.69) is 155 Å². The molecule has 0 unspecified atom stereocenters. The molecule has 2 N–H and O–H groups in total. The average Bonchev–Trinajstić information content (AvgIpc) is 3.10. The Labute approximate surface area is 222 Å². The zero-order valence-electron chi connectivity index (χ0n) is 23.0. The molecule has 0 bridgehead atoms. The fourth-order valence-electron chi connectivity index (χ4n) is 6.23. The third-order valence-electron chi connectivity index (χ3n) is 8.08. The zero-order valence-corrected chi connectivity index (χ0v) is 23.0. The molecule has 0 radical (unpaired) electrons. The summed E-state index contributed by atoms with van der Waals surface area (Å²) in [7, 11) is 4.32. The van der Waals surface area contributed by atoms with Crippen molar-refractivity contribution in [2.24, 2.45) is 0 Å². The molecule has 0 aliphatic carbocycles. The van der Waals surface area contributed by atoms with Crippen LogP contribution in [0.3, 0.4) is 0 Å². The Hall–Kier alpha value is -3.62. The number of quaternary nitrogens is 1. The Balaban J connectivity index is 1.36. The molecule has 1 heterocycles. The Morgan fingerprint density at radius 1 is 0.811 bits per heavy atom. The second kappa shape index (κ2) is 9.68. The minimum Gasteiger partial charge on any atom is -0.347 e. The van der Waals surface area contributed by atoms with Crippen LogP contribution in [0.1, 0.15) is 45.2 Å². The maximum atomic E-state index is 2.36. The molecule has 0 amide bonds. The van der Waals surface area contributed by atoms with Crippen LogP contribution in [0.2, 0.25) is 0 Å². The van der Waals surface area contributed by atoms with Crippen molar-refractivity contribution in [3.63, 3.8) is 0 Å². The third-order valence-corrected chi connectivity index (χ3v) is 8.08. The number of hydrogen-bond acceptors (Lipinski definition) is 1. The smallest absolute Gasteiger partial charge is 0.133 e. The number of likely N-dealkylation sites (N-methyl/N-ethyl adjacent to an activating group) is 1. The quantitative estimate of drug-likeness (QED) is 0.216. The van der Waals surface area contributed by atoms with Gasteiger partial charge in [-0.05, 0) is 63.2 Å². The number of fused-ring (bicyclic) bond motifs is 4. The van der Waals surface area contributed by atoms with Crippen molar-refractivity contribution in [1.29, 1.82) is 0 Å². The van der Waals surface area contributed by atoms with Gasteiger partial charge in [-0.15, -0.1) is 0 Å². The molecule has 0 saturated carbocycles. The van der Waals surface area contributed by atoms with Crippen LogP contribution in [-0.2, 0) is 10.8 Å². The number of nitrogens with zero attached hydrogens (tertiary/aromatic N) is 1. The topological polar surface area (TPSA) is 19.9 Å². The Kier molecular flexibility index (Phi) is 6.56. The van der Waals surface area contributed by atoms with Crippen molar-refractivity contribution in [2.75, 3.05) is 19.0 Å². The lowest BCUT2D eigenvalue weighted by Crippen LogP contribution is -2.73. The van der Waals surface area contributed by atoms with Crippen LogP contribution in [0.25, 0.3) is 21.5 Å². The van der Waals surface area contributed by atoms with E-state index < -0.39 is 0 Å². The van der Waals surface area contributed by atoms with Crippen molar-refractivity contribution in [3.8, 4) is 0 Å². The van der Waals surface area contributed by atoms with Crippen LogP contribution in [0.5, 0.6) is 0 Å². The van der Waals surface area contributed by atoms with E-state index in [-0.39, 0.29) is 10.8 Å². The van der Waals surface area contributed by atoms with Crippen molar-refractivity contribution in [2.45, 2.75) is 44.9 Å². The van der Waals surface area contributed by atoms with Gasteiger partial charge in [-0.1, -0.05) is 107 Å². The molecule has 0 fully saturated rings. The van der Waals surface area contributed by atoms with E-state index in [1.54, 1.807) is 0 Å². The average molecular weight is 488 g/mol. The summed E-state index contributed by atoms with van der Waals surface area (Å²) in [5, 5.41) is 7.56. The third kappa shape index (κ3) is 4.40. The minimum absolute atomic E-state index is 0.0296. The van der Waals surface area contributed by atoms with Crippen LogP contribution in [-0.4, -0.2) is 14.1 Å². The second-order valence-corrected chi connectivity index (χ2v) is 11.4. The van der Waals surface area contributed by atoms with Gasteiger partial charge in [-0.3, -0.25) is 0 Å². The van der Waals surface area contributed by atoms with Gasteiger partial charge >= 0.3 is 0 Å². The summed E-state index contributed by atoms with van der Waals surface area (Å²) in [5.74, 6) is 0. The highest BCUT2D eigenvalue weighted by Gasteiger charge is 2.39. The van der Waals surface area contributed by atoms with Gasteiger partial charge in [-0.25, -0.2) is 0 Å². The van der Waals surface area contributed by atoms with Crippen molar-refractivity contribution in [3.05, 3.63) is 120 Å². The highest BCUT2D eigenvalue weighted by atomic mass is 15.2. The molecule has 2 nitrogen and oxygen atoms in total. The molecule has 2 heteroatoms. The van der Waals surface area contributed by atoms with Crippen molar-refractivity contribution >= 4 is 32.9 Å². The molecule has 0 aromatic heterocycles. The van der Waals surface area contributed by atoms with E-state index in [0.29, 0.717) is 0 Å². The van der Waals surface area contributed by atoms with Crippen LogP contribution in [0, 0.1) is 0 Å². The van der Waals surface area contributed by atoms with Crippen molar-refractivity contribution < 1.29 is 5.32 Å². The maximum Gasteiger partial charge on any atom is 0.133 e.